The van der Waals surface area contributed by atoms with E-state index in [4.69, 9.17) is 4.74 Å². The van der Waals surface area contributed by atoms with Crippen molar-refractivity contribution in [3.63, 3.8) is 0 Å². The van der Waals surface area contributed by atoms with Crippen LogP contribution < -0.4 is 10.2 Å². The van der Waals surface area contributed by atoms with Gasteiger partial charge in [-0.3, -0.25) is 0 Å². The normalized spacial score (nSPS) is 26.7. The second-order valence-electron chi connectivity index (χ2n) is 6.67. The number of anilines is 2. The number of aryl methyl sites for hydroxylation is 1. The molecule has 126 valence electrons. The highest BCUT2D eigenvalue weighted by Gasteiger charge is 2.44. The fourth-order valence-electron chi connectivity index (χ4n) is 3.63. The Bertz CT molecular complexity index is 679. The van der Waals surface area contributed by atoms with E-state index in [2.05, 4.69) is 30.4 Å². The van der Waals surface area contributed by atoms with E-state index in [1.54, 1.807) is 12.4 Å². The molecule has 2 fully saturated rings. The molecule has 1 N–H and O–H groups in total. The van der Waals surface area contributed by atoms with Crippen LogP contribution in [0.3, 0.4) is 0 Å². The molecule has 0 bridgehead atoms. The first-order chi connectivity index (χ1) is 11.7. The average Bonchev–Trinajstić information content (AvgIpc) is 2.98. The Labute approximate surface area is 141 Å². The quantitative estimate of drug-likeness (QED) is 0.922. The van der Waals surface area contributed by atoms with Crippen molar-refractivity contribution >= 4 is 11.8 Å². The summed E-state index contributed by atoms with van der Waals surface area (Å²) in [5.74, 6) is 1.60. The smallest absolute Gasteiger partial charge is 0.222 e. The van der Waals surface area contributed by atoms with E-state index in [-0.39, 0.29) is 11.6 Å². The first-order valence-electron chi connectivity index (χ1n) is 8.45. The summed E-state index contributed by atoms with van der Waals surface area (Å²) in [6.45, 7) is 4.50. The molecule has 0 aromatic carbocycles. The van der Waals surface area contributed by atoms with Crippen molar-refractivity contribution in [3.8, 4) is 0 Å². The molecule has 2 aromatic rings. The zero-order valence-corrected chi connectivity index (χ0v) is 13.9. The van der Waals surface area contributed by atoms with Crippen LogP contribution in [0.15, 0.2) is 30.6 Å². The number of piperidine rings is 1. The third kappa shape index (κ3) is 3.17. The summed E-state index contributed by atoms with van der Waals surface area (Å²) in [6, 6.07) is 6.12. The second kappa shape index (κ2) is 6.32. The molecule has 0 saturated carbocycles. The highest BCUT2D eigenvalue weighted by atomic mass is 16.5. The number of hydrogen-bond acceptors (Lipinski definition) is 7. The van der Waals surface area contributed by atoms with E-state index in [1.807, 2.05) is 25.1 Å². The van der Waals surface area contributed by atoms with Crippen molar-refractivity contribution in [1.29, 1.82) is 0 Å². The maximum atomic E-state index is 6.23. The highest BCUT2D eigenvalue weighted by molar-refractivity contribution is 5.39. The predicted octanol–water partition coefficient (Wildman–Crippen LogP) is 1.82. The summed E-state index contributed by atoms with van der Waals surface area (Å²) in [6.07, 6.45) is 6.64. The van der Waals surface area contributed by atoms with Crippen molar-refractivity contribution in [2.45, 2.75) is 37.8 Å². The minimum Gasteiger partial charge on any atom is -0.371 e. The Morgan fingerprint density at radius 2 is 2.12 bits per heavy atom. The molecule has 0 amide bonds. The van der Waals surface area contributed by atoms with Gasteiger partial charge in [0, 0.05) is 31.9 Å². The van der Waals surface area contributed by atoms with Crippen molar-refractivity contribution in [2.24, 2.45) is 0 Å². The van der Waals surface area contributed by atoms with Crippen molar-refractivity contribution < 1.29 is 4.74 Å². The van der Waals surface area contributed by atoms with Gasteiger partial charge in [-0.1, -0.05) is 0 Å². The van der Waals surface area contributed by atoms with Gasteiger partial charge in [-0.05, 0) is 38.0 Å². The maximum absolute atomic E-state index is 6.23. The van der Waals surface area contributed by atoms with Gasteiger partial charge in [-0.25, -0.2) is 9.97 Å². The van der Waals surface area contributed by atoms with Crippen LogP contribution in [0, 0.1) is 6.92 Å². The van der Waals surface area contributed by atoms with Crippen LogP contribution in [0.4, 0.5) is 11.8 Å². The number of aromatic nitrogens is 4. The third-order valence-electron chi connectivity index (χ3n) is 4.76. The molecule has 2 atom stereocenters. The van der Waals surface area contributed by atoms with Crippen molar-refractivity contribution in [1.82, 2.24) is 20.2 Å². The van der Waals surface area contributed by atoms with Crippen LogP contribution in [-0.4, -0.2) is 51.5 Å². The molecular formula is C17H22N6O. The zero-order chi connectivity index (χ0) is 16.4. The van der Waals surface area contributed by atoms with Gasteiger partial charge in [0.2, 0.25) is 5.95 Å². The average molecular weight is 326 g/mol. The molecule has 2 aromatic heterocycles. The largest absolute Gasteiger partial charge is 0.371 e. The molecule has 2 unspecified atom stereocenters. The van der Waals surface area contributed by atoms with Crippen molar-refractivity contribution in [2.75, 3.05) is 29.9 Å². The van der Waals surface area contributed by atoms with Crippen LogP contribution >= 0.6 is 0 Å². The topological polar surface area (TPSA) is 76.1 Å². The van der Waals surface area contributed by atoms with E-state index >= 15 is 0 Å². The molecule has 2 saturated heterocycles. The standard InChI is InChI=1S/C17H22N6O/c1-13-4-5-15(22-21-13)23-9-2-6-17(12-23)10-14(11-24-17)20-16-18-7-3-8-19-16/h3-5,7-8,14H,2,6,9-12H2,1H3,(H,18,19,20). The highest BCUT2D eigenvalue weighted by Crippen LogP contribution is 2.36. The molecule has 2 aliphatic rings. The SMILES string of the molecule is Cc1ccc(N2CCCC3(CC(Nc4ncccn4)CO3)C2)nn1. The monoisotopic (exact) mass is 326 g/mol. The van der Waals surface area contributed by atoms with Gasteiger partial charge in [0.1, 0.15) is 0 Å². The summed E-state index contributed by atoms with van der Waals surface area (Å²) >= 11 is 0. The molecule has 1 spiro atoms. The minimum absolute atomic E-state index is 0.114. The summed E-state index contributed by atoms with van der Waals surface area (Å²) in [7, 11) is 0. The lowest BCUT2D eigenvalue weighted by Crippen LogP contribution is -2.48. The summed E-state index contributed by atoms with van der Waals surface area (Å²) in [5.41, 5.74) is 0.826. The molecular weight excluding hydrogens is 304 g/mol. The molecule has 4 rings (SSSR count). The summed E-state index contributed by atoms with van der Waals surface area (Å²) < 4.78 is 6.23. The number of nitrogens with one attached hydrogen (secondary N) is 1. The van der Waals surface area contributed by atoms with Crippen molar-refractivity contribution in [3.05, 3.63) is 36.3 Å². The van der Waals surface area contributed by atoms with Gasteiger partial charge in [-0.15, -0.1) is 5.10 Å². The minimum atomic E-state index is -0.114. The van der Waals surface area contributed by atoms with Gasteiger partial charge in [0.15, 0.2) is 5.82 Å². The molecule has 0 aliphatic carbocycles. The Morgan fingerprint density at radius 1 is 1.25 bits per heavy atom. The van der Waals surface area contributed by atoms with E-state index < -0.39 is 0 Å². The van der Waals surface area contributed by atoms with Gasteiger partial charge in [0.05, 0.1) is 23.9 Å². The Morgan fingerprint density at radius 3 is 2.92 bits per heavy atom. The molecule has 7 nitrogen and oxygen atoms in total. The zero-order valence-electron chi connectivity index (χ0n) is 13.9. The number of rotatable bonds is 3. The van der Waals surface area contributed by atoms with E-state index in [1.165, 1.54) is 0 Å². The molecule has 4 heterocycles. The van der Waals surface area contributed by atoms with Crippen LogP contribution in [-0.2, 0) is 4.74 Å². The van der Waals surface area contributed by atoms with E-state index in [0.717, 1.165) is 43.9 Å². The first kappa shape index (κ1) is 15.3. The first-order valence-corrected chi connectivity index (χ1v) is 8.45. The van der Waals surface area contributed by atoms with Crippen LogP contribution in [0.25, 0.3) is 0 Å². The van der Waals surface area contributed by atoms with Crippen LogP contribution in [0.5, 0.6) is 0 Å². The molecule has 0 radical (unpaired) electrons. The fraction of sp³-hybridized carbons (Fsp3) is 0.529. The summed E-state index contributed by atoms with van der Waals surface area (Å²) in [5, 5.41) is 11.9. The van der Waals surface area contributed by atoms with Crippen LogP contribution in [0.2, 0.25) is 0 Å². The third-order valence-corrected chi connectivity index (χ3v) is 4.76. The lowest BCUT2D eigenvalue weighted by molar-refractivity contribution is -0.00654. The van der Waals surface area contributed by atoms with Gasteiger partial charge >= 0.3 is 0 Å². The van der Waals surface area contributed by atoms with Gasteiger partial charge in [-0.2, -0.15) is 5.10 Å². The molecule has 7 heteroatoms. The van der Waals surface area contributed by atoms with Gasteiger partial charge < -0.3 is 15.0 Å². The molecule has 2 aliphatic heterocycles. The second-order valence-corrected chi connectivity index (χ2v) is 6.67. The van der Waals surface area contributed by atoms with Gasteiger partial charge in [0.25, 0.3) is 0 Å². The summed E-state index contributed by atoms with van der Waals surface area (Å²) in [4.78, 5) is 10.8. The fourth-order valence-corrected chi connectivity index (χ4v) is 3.63. The number of nitrogens with zero attached hydrogens (tertiary/aromatic N) is 5. The van der Waals surface area contributed by atoms with E-state index in [0.29, 0.717) is 12.6 Å². The number of ether oxygens (including phenoxy) is 1. The predicted molar refractivity (Wildman–Crippen MR) is 91.0 cm³/mol. The molecule has 24 heavy (non-hydrogen) atoms. The number of hydrogen-bond donors (Lipinski definition) is 1. The van der Waals surface area contributed by atoms with Crippen LogP contribution in [0.1, 0.15) is 25.0 Å². The Balaban J connectivity index is 1.43. The Hall–Kier alpha value is -2.28. The van der Waals surface area contributed by atoms with E-state index in [9.17, 15) is 0 Å². The Kier molecular flexibility index (Phi) is 4.02. The lowest BCUT2D eigenvalue weighted by atomic mass is 9.88. The maximum Gasteiger partial charge on any atom is 0.222 e. The lowest BCUT2D eigenvalue weighted by Gasteiger charge is -2.40.